The van der Waals surface area contributed by atoms with Crippen molar-refractivity contribution in [3.8, 4) is 0 Å². The summed E-state index contributed by atoms with van der Waals surface area (Å²) in [6.45, 7) is 4.73. The van der Waals surface area contributed by atoms with Crippen molar-refractivity contribution in [1.82, 2.24) is 0 Å². The second-order valence-corrected chi connectivity index (χ2v) is 4.81. The normalized spacial score (nSPS) is 22.9. The van der Waals surface area contributed by atoms with E-state index in [9.17, 15) is 4.57 Å². The summed E-state index contributed by atoms with van der Waals surface area (Å²) in [5.41, 5.74) is 0. The first-order chi connectivity index (χ1) is 7.20. The molecule has 0 saturated carbocycles. The fourth-order valence-corrected chi connectivity index (χ4v) is 2.64. The molecule has 0 aliphatic carbocycles. The van der Waals surface area contributed by atoms with Crippen molar-refractivity contribution in [2.45, 2.75) is 39.4 Å². The van der Waals surface area contributed by atoms with Crippen molar-refractivity contribution < 1.29 is 22.9 Å². The van der Waals surface area contributed by atoms with E-state index in [0.29, 0.717) is 19.8 Å². The second kappa shape index (κ2) is 6.61. The van der Waals surface area contributed by atoms with Gasteiger partial charge in [0.2, 0.25) is 0 Å². The van der Waals surface area contributed by atoms with Crippen LogP contribution < -0.4 is 0 Å². The summed E-state index contributed by atoms with van der Waals surface area (Å²) < 4.78 is 32.5. The van der Waals surface area contributed by atoms with Crippen LogP contribution in [0, 0.1) is 0 Å². The maximum absolute atomic E-state index is 11.9. The number of hydrogen-bond donors (Lipinski definition) is 0. The molecule has 0 radical (unpaired) electrons. The molecule has 1 rings (SSSR count). The first kappa shape index (κ1) is 13.1. The van der Waals surface area contributed by atoms with Gasteiger partial charge in [0.1, 0.15) is 0 Å². The molecule has 1 unspecified atom stereocenters. The third-order valence-corrected chi connectivity index (χ3v) is 3.60. The molecule has 0 aromatic heterocycles. The van der Waals surface area contributed by atoms with Crippen LogP contribution in [0.3, 0.4) is 0 Å². The summed E-state index contributed by atoms with van der Waals surface area (Å²) in [4.78, 5) is 0. The number of rotatable bonds is 6. The molecule has 6 heteroatoms. The average Bonchev–Trinajstić information content (AvgIpc) is 2.19. The van der Waals surface area contributed by atoms with Crippen LogP contribution in [0.25, 0.3) is 0 Å². The smallest absolute Gasteiger partial charge is 0.352 e. The molecule has 1 saturated heterocycles. The molecule has 0 bridgehead atoms. The zero-order valence-corrected chi connectivity index (χ0v) is 10.2. The highest BCUT2D eigenvalue weighted by atomic mass is 31.2. The second-order valence-electron chi connectivity index (χ2n) is 3.18. The summed E-state index contributed by atoms with van der Waals surface area (Å²) >= 11 is 0. The molecule has 0 spiro atoms. The third-order valence-electron chi connectivity index (χ3n) is 1.96. The van der Waals surface area contributed by atoms with Gasteiger partial charge in [-0.15, -0.1) is 0 Å². The molecule has 15 heavy (non-hydrogen) atoms. The van der Waals surface area contributed by atoms with Crippen LogP contribution in [-0.2, 0) is 22.9 Å². The van der Waals surface area contributed by atoms with E-state index >= 15 is 0 Å². The van der Waals surface area contributed by atoms with Crippen LogP contribution in [0.2, 0.25) is 0 Å². The minimum Gasteiger partial charge on any atom is -0.352 e. The largest absolute Gasteiger partial charge is 0.477 e. The lowest BCUT2D eigenvalue weighted by molar-refractivity contribution is -0.121. The van der Waals surface area contributed by atoms with E-state index in [1.165, 1.54) is 0 Å². The standard InChI is InChI=1S/C9H19O5P/c1-3-12-15(10,13-4-2)14-9-7-5-6-8-11-9/h9H,3-8H2,1-2H3. The third kappa shape index (κ3) is 4.62. The van der Waals surface area contributed by atoms with Gasteiger partial charge in [-0.25, -0.2) is 4.57 Å². The Morgan fingerprint density at radius 3 is 2.40 bits per heavy atom. The van der Waals surface area contributed by atoms with E-state index in [1.54, 1.807) is 13.8 Å². The Morgan fingerprint density at radius 1 is 1.27 bits per heavy atom. The van der Waals surface area contributed by atoms with Gasteiger partial charge in [-0.3, -0.25) is 13.6 Å². The van der Waals surface area contributed by atoms with Crippen LogP contribution in [0.4, 0.5) is 0 Å². The maximum atomic E-state index is 11.9. The summed E-state index contributed by atoms with van der Waals surface area (Å²) in [6.07, 6.45) is 2.32. The van der Waals surface area contributed by atoms with Crippen molar-refractivity contribution in [3.63, 3.8) is 0 Å². The van der Waals surface area contributed by atoms with Gasteiger partial charge in [0.15, 0.2) is 6.29 Å². The summed E-state index contributed by atoms with van der Waals surface area (Å²) in [5.74, 6) is 0. The zero-order chi connectivity index (χ0) is 11.1. The molecule has 1 aliphatic rings. The van der Waals surface area contributed by atoms with Crippen LogP contribution >= 0.6 is 7.82 Å². The van der Waals surface area contributed by atoms with E-state index in [2.05, 4.69) is 0 Å². The Bertz CT molecular complexity index is 205. The van der Waals surface area contributed by atoms with Gasteiger partial charge < -0.3 is 4.74 Å². The van der Waals surface area contributed by atoms with Gasteiger partial charge in [-0.2, -0.15) is 0 Å². The Labute approximate surface area is 90.7 Å². The minimum atomic E-state index is -3.41. The molecule has 5 nitrogen and oxygen atoms in total. The van der Waals surface area contributed by atoms with Gasteiger partial charge in [0.05, 0.1) is 13.2 Å². The Hall–Kier alpha value is 0.0700. The van der Waals surface area contributed by atoms with Gasteiger partial charge in [-0.05, 0) is 33.1 Å². The van der Waals surface area contributed by atoms with Gasteiger partial charge in [0.25, 0.3) is 0 Å². The van der Waals surface area contributed by atoms with E-state index in [0.717, 1.165) is 19.3 Å². The molecule has 0 aromatic carbocycles. The first-order valence-corrected chi connectivity index (χ1v) is 6.85. The number of hydrogen-bond acceptors (Lipinski definition) is 5. The van der Waals surface area contributed by atoms with Crippen molar-refractivity contribution >= 4 is 7.82 Å². The molecule has 90 valence electrons. The van der Waals surface area contributed by atoms with E-state index in [-0.39, 0.29) is 0 Å². The van der Waals surface area contributed by atoms with E-state index in [1.807, 2.05) is 0 Å². The molecule has 1 atom stereocenters. The van der Waals surface area contributed by atoms with Gasteiger partial charge in [0, 0.05) is 6.61 Å². The Morgan fingerprint density at radius 2 is 1.93 bits per heavy atom. The van der Waals surface area contributed by atoms with Crippen LogP contribution in [0.5, 0.6) is 0 Å². The monoisotopic (exact) mass is 238 g/mol. The fraction of sp³-hybridized carbons (Fsp3) is 1.00. The van der Waals surface area contributed by atoms with Gasteiger partial charge in [-0.1, -0.05) is 0 Å². The van der Waals surface area contributed by atoms with Crippen molar-refractivity contribution in [1.29, 1.82) is 0 Å². The van der Waals surface area contributed by atoms with Crippen LogP contribution in [0.1, 0.15) is 33.1 Å². The van der Waals surface area contributed by atoms with Gasteiger partial charge >= 0.3 is 7.82 Å². The SMILES string of the molecule is CCOP(=O)(OCC)OC1CCCCO1. The lowest BCUT2D eigenvalue weighted by Gasteiger charge is -2.26. The molecule has 0 amide bonds. The quantitative estimate of drug-likeness (QED) is 0.666. The minimum absolute atomic E-state index is 0.296. The van der Waals surface area contributed by atoms with Crippen LogP contribution in [-0.4, -0.2) is 26.1 Å². The molecule has 1 fully saturated rings. The number of phosphoric acid groups is 1. The Balaban J connectivity index is 2.45. The molecular weight excluding hydrogens is 219 g/mol. The highest BCUT2D eigenvalue weighted by Crippen LogP contribution is 2.51. The lowest BCUT2D eigenvalue weighted by Crippen LogP contribution is -2.22. The number of ether oxygens (including phenoxy) is 1. The molecule has 1 aliphatic heterocycles. The predicted molar refractivity (Wildman–Crippen MR) is 55.5 cm³/mol. The van der Waals surface area contributed by atoms with E-state index < -0.39 is 14.1 Å². The zero-order valence-electron chi connectivity index (χ0n) is 9.31. The Kier molecular flexibility index (Phi) is 5.79. The summed E-state index contributed by atoms with van der Waals surface area (Å²) in [6, 6.07) is 0. The molecule has 0 N–H and O–H groups in total. The maximum Gasteiger partial charge on any atom is 0.477 e. The molecular formula is C9H19O5P. The highest BCUT2D eigenvalue weighted by molar-refractivity contribution is 7.48. The molecule has 1 heterocycles. The van der Waals surface area contributed by atoms with E-state index in [4.69, 9.17) is 18.3 Å². The van der Waals surface area contributed by atoms with Crippen molar-refractivity contribution in [3.05, 3.63) is 0 Å². The number of phosphoric ester groups is 1. The summed E-state index contributed by atoms with van der Waals surface area (Å²) in [7, 11) is -3.41. The lowest BCUT2D eigenvalue weighted by atomic mass is 10.2. The summed E-state index contributed by atoms with van der Waals surface area (Å²) in [5, 5.41) is 0. The highest BCUT2D eigenvalue weighted by Gasteiger charge is 2.31. The predicted octanol–water partition coefficient (Wildman–Crippen LogP) is 2.71. The van der Waals surface area contributed by atoms with Crippen molar-refractivity contribution in [2.75, 3.05) is 19.8 Å². The topological polar surface area (TPSA) is 54.0 Å². The average molecular weight is 238 g/mol. The fourth-order valence-electron chi connectivity index (χ4n) is 1.35. The van der Waals surface area contributed by atoms with Crippen LogP contribution in [0.15, 0.2) is 0 Å². The first-order valence-electron chi connectivity index (χ1n) is 5.39. The van der Waals surface area contributed by atoms with Crippen molar-refractivity contribution in [2.24, 2.45) is 0 Å². The molecule has 0 aromatic rings.